The Kier molecular flexibility index (Phi) is 10.3. The summed E-state index contributed by atoms with van der Waals surface area (Å²) in [5.74, 6) is -3.24. The Labute approximate surface area is 126 Å². The number of carbonyl (C=O) groups is 3. The molecule has 0 N–H and O–H groups in total. The second-order valence-corrected chi connectivity index (χ2v) is 4.54. The summed E-state index contributed by atoms with van der Waals surface area (Å²) >= 11 is 0. The van der Waals surface area contributed by atoms with E-state index in [2.05, 4.69) is 0 Å². The van der Waals surface area contributed by atoms with Crippen LogP contribution < -0.4 is 0 Å². The zero-order chi connectivity index (χ0) is 16.3. The van der Waals surface area contributed by atoms with Gasteiger partial charge >= 0.3 is 17.9 Å². The molecule has 0 heterocycles. The second kappa shape index (κ2) is 11.1. The molecular formula is C15H26O6. The average Bonchev–Trinajstić information content (AvgIpc) is 2.40. The van der Waals surface area contributed by atoms with Crippen LogP contribution in [0, 0.1) is 11.8 Å². The predicted molar refractivity (Wildman–Crippen MR) is 76.4 cm³/mol. The van der Waals surface area contributed by atoms with Gasteiger partial charge in [0.2, 0.25) is 0 Å². The summed E-state index contributed by atoms with van der Waals surface area (Å²) in [7, 11) is 0. The van der Waals surface area contributed by atoms with E-state index in [1.807, 2.05) is 6.92 Å². The van der Waals surface area contributed by atoms with Crippen molar-refractivity contribution >= 4 is 17.9 Å². The van der Waals surface area contributed by atoms with Gasteiger partial charge < -0.3 is 14.2 Å². The van der Waals surface area contributed by atoms with Crippen molar-refractivity contribution in [3.8, 4) is 0 Å². The minimum absolute atomic E-state index is 0.00394. The molecule has 1 atom stereocenters. The molecule has 0 bridgehead atoms. The fourth-order valence-corrected chi connectivity index (χ4v) is 2.14. The lowest BCUT2D eigenvalue weighted by Gasteiger charge is -2.23. The van der Waals surface area contributed by atoms with E-state index in [0.29, 0.717) is 6.42 Å². The molecule has 0 rings (SSSR count). The lowest BCUT2D eigenvalue weighted by Crippen LogP contribution is -2.36. The molecule has 21 heavy (non-hydrogen) atoms. The average molecular weight is 302 g/mol. The van der Waals surface area contributed by atoms with Crippen molar-refractivity contribution in [1.29, 1.82) is 0 Å². The van der Waals surface area contributed by atoms with Crippen LogP contribution in [0.5, 0.6) is 0 Å². The molecule has 0 aliphatic carbocycles. The SMILES string of the molecule is CCCC(CC(=O)OCC)C(C(=O)OCC)C(=O)OCC. The van der Waals surface area contributed by atoms with E-state index >= 15 is 0 Å². The van der Waals surface area contributed by atoms with E-state index in [1.165, 1.54) is 0 Å². The molecule has 0 radical (unpaired) electrons. The Balaban J connectivity index is 5.11. The Hall–Kier alpha value is -1.59. The number of hydrogen-bond donors (Lipinski definition) is 0. The minimum Gasteiger partial charge on any atom is -0.466 e. The van der Waals surface area contributed by atoms with Crippen LogP contribution in [-0.2, 0) is 28.6 Å². The molecule has 0 aromatic rings. The largest absolute Gasteiger partial charge is 0.466 e. The Morgan fingerprint density at radius 2 is 1.29 bits per heavy atom. The smallest absolute Gasteiger partial charge is 0.320 e. The van der Waals surface area contributed by atoms with E-state index in [0.717, 1.165) is 6.42 Å². The molecule has 6 heteroatoms. The maximum absolute atomic E-state index is 12.0. The van der Waals surface area contributed by atoms with Crippen LogP contribution in [0.2, 0.25) is 0 Å². The van der Waals surface area contributed by atoms with Crippen molar-refractivity contribution < 1.29 is 28.6 Å². The Morgan fingerprint density at radius 1 is 0.810 bits per heavy atom. The van der Waals surface area contributed by atoms with E-state index in [4.69, 9.17) is 14.2 Å². The molecule has 0 aromatic carbocycles. The van der Waals surface area contributed by atoms with Gasteiger partial charge in [-0.05, 0) is 33.1 Å². The number of ether oxygens (including phenoxy) is 3. The first-order valence-electron chi connectivity index (χ1n) is 7.50. The van der Waals surface area contributed by atoms with Crippen LogP contribution in [0.25, 0.3) is 0 Å². The van der Waals surface area contributed by atoms with Crippen molar-refractivity contribution in [1.82, 2.24) is 0 Å². The van der Waals surface area contributed by atoms with Gasteiger partial charge in [-0.1, -0.05) is 13.3 Å². The first kappa shape index (κ1) is 19.4. The normalized spacial score (nSPS) is 11.9. The van der Waals surface area contributed by atoms with Gasteiger partial charge in [-0.3, -0.25) is 14.4 Å². The third-order valence-corrected chi connectivity index (χ3v) is 2.95. The van der Waals surface area contributed by atoms with Crippen molar-refractivity contribution in [2.45, 2.75) is 47.0 Å². The number of hydrogen-bond acceptors (Lipinski definition) is 6. The zero-order valence-corrected chi connectivity index (χ0v) is 13.3. The molecule has 6 nitrogen and oxygen atoms in total. The predicted octanol–water partition coefficient (Wildman–Crippen LogP) is 2.10. The van der Waals surface area contributed by atoms with Gasteiger partial charge in [-0.2, -0.15) is 0 Å². The van der Waals surface area contributed by atoms with Gasteiger partial charge in [0.25, 0.3) is 0 Å². The maximum atomic E-state index is 12.0. The highest BCUT2D eigenvalue weighted by molar-refractivity contribution is 5.95. The van der Waals surface area contributed by atoms with Gasteiger partial charge in [-0.25, -0.2) is 0 Å². The van der Waals surface area contributed by atoms with E-state index in [9.17, 15) is 14.4 Å². The topological polar surface area (TPSA) is 78.9 Å². The molecular weight excluding hydrogens is 276 g/mol. The quantitative estimate of drug-likeness (QED) is 0.349. The maximum Gasteiger partial charge on any atom is 0.320 e. The Bertz CT molecular complexity index is 321. The molecule has 0 spiro atoms. The van der Waals surface area contributed by atoms with Crippen LogP contribution in [0.15, 0.2) is 0 Å². The monoisotopic (exact) mass is 302 g/mol. The molecule has 122 valence electrons. The van der Waals surface area contributed by atoms with E-state index in [1.54, 1.807) is 20.8 Å². The van der Waals surface area contributed by atoms with Gasteiger partial charge in [0, 0.05) is 6.42 Å². The standard InChI is InChI=1S/C15H26O6/c1-5-9-11(10-12(16)19-6-2)13(14(17)20-7-3)15(18)21-8-4/h11,13H,5-10H2,1-4H3. The Morgan fingerprint density at radius 3 is 1.67 bits per heavy atom. The third kappa shape index (κ3) is 7.11. The first-order valence-corrected chi connectivity index (χ1v) is 7.50. The molecule has 0 aromatic heterocycles. The van der Waals surface area contributed by atoms with Crippen molar-refractivity contribution in [3.05, 3.63) is 0 Å². The van der Waals surface area contributed by atoms with Gasteiger partial charge in [-0.15, -0.1) is 0 Å². The van der Waals surface area contributed by atoms with Crippen LogP contribution in [0.4, 0.5) is 0 Å². The fourth-order valence-electron chi connectivity index (χ4n) is 2.14. The van der Waals surface area contributed by atoms with Crippen molar-refractivity contribution in [2.24, 2.45) is 11.8 Å². The summed E-state index contributed by atoms with van der Waals surface area (Å²) in [5.41, 5.74) is 0. The highest BCUT2D eigenvalue weighted by atomic mass is 16.6. The number of carbonyl (C=O) groups excluding carboxylic acids is 3. The summed E-state index contributed by atoms with van der Waals surface area (Å²) in [6, 6.07) is 0. The van der Waals surface area contributed by atoms with Crippen LogP contribution in [0.1, 0.15) is 47.0 Å². The lowest BCUT2D eigenvalue weighted by molar-refractivity contribution is -0.165. The second-order valence-electron chi connectivity index (χ2n) is 4.54. The zero-order valence-electron chi connectivity index (χ0n) is 13.3. The summed E-state index contributed by atoms with van der Waals surface area (Å²) in [5, 5.41) is 0. The first-order chi connectivity index (χ1) is 10.0. The summed E-state index contributed by atoms with van der Waals surface area (Å²) < 4.78 is 14.8. The summed E-state index contributed by atoms with van der Waals surface area (Å²) in [6.45, 7) is 7.58. The van der Waals surface area contributed by atoms with Crippen molar-refractivity contribution in [2.75, 3.05) is 19.8 Å². The molecule has 0 aliphatic heterocycles. The third-order valence-electron chi connectivity index (χ3n) is 2.95. The number of esters is 3. The number of rotatable bonds is 10. The fraction of sp³-hybridized carbons (Fsp3) is 0.800. The molecule has 0 saturated heterocycles. The highest BCUT2D eigenvalue weighted by Crippen LogP contribution is 2.25. The van der Waals surface area contributed by atoms with Crippen LogP contribution in [-0.4, -0.2) is 37.7 Å². The summed E-state index contributed by atoms with van der Waals surface area (Å²) in [4.78, 5) is 35.7. The minimum atomic E-state index is -1.07. The molecule has 0 aliphatic rings. The van der Waals surface area contributed by atoms with Gasteiger partial charge in [0.05, 0.1) is 19.8 Å². The van der Waals surface area contributed by atoms with Gasteiger partial charge in [0.15, 0.2) is 5.92 Å². The van der Waals surface area contributed by atoms with E-state index in [-0.39, 0.29) is 26.2 Å². The molecule has 0 saturated carbocycles. The molecule has 0 fully saturated rings. The lowest BCUT2D eigenvalue weighted by atomic mass is 9.85. The van der Waals surface area contributed by atoms with Crippen molar-refractivity contribution in [3.63, 3.8) is 0 Å². The van der Waals surface area contributed by atoms with Gasteiger partial charge in [0.1, 0.15) is 0 Å². The van der Waals surface area contributed by atoms with Crippen LogP contribution >= 0.6 is 0 Å². The molecule has 0 amide bonds. The van der Waals surface area contributed by atoms with E-state index < -0.39 is 29.7 Å². The summed E-state index contributed by atoms with van der Waals surface area (Å²) in [6.07, 6.45) is 1.28. The highest BCUT2D eigenvalue weighted by Gasteiger charge is 2.38. The molecule has 1 unspecified atom stereocenters. The van der Waals surface area contributed by atoms with Crippen LogP contribution in [0.3, 0.4) is 0 Å².